The molecule has 1 aromatic heterocycles. The van der Waals surface area contributed by atoms with Gasteiger partial charge in [-0.2, -0.15) is 4.98 Å². The first kappa shape index (κ1) is 12.1. The van der Waals surface area contributed by atoms with Crippen LogP contribution in [0, 0.1) is 5.82 Å². The minimum Gasteiger partial charge on any atom is -0.395 e. The third kappa shape index (κ3) is 2.18. The molecule has 8 heteroatoms. The fourth-order valence-electron chi connectivity index (χ4n) is 1.43. The number of hydrogen-bond acceptors (Lipinski definition) is 5. The predicted molar refractivity (Wildman–Crippen MR) is 59.6 cm³/mol. The summed E-state index contributed by atoms with van der Waals surface area (Å²) in [6.45, 7) is -0.386. The van der Waals surface area contributed by atoms with Crippen LogP contribution in [0.15, 0.2) is 22.9 Å². The van der Waals surface area contributed by atoms with E-state index in [9.17, 15) is 13.6 Å². The molecule has 1 aliphatic heterocycles. The molecule has 2 rings (SSSR count). The van der Waals surface area contributed by atoms with Crippen LogP contribution in [-0.4, -0.2) is 26.5 Å². The Morgan fingerprint density at radius 1 is 1.59 bits per heavy atom. The molecule has 1 aromatic rings. The Balaban J connectivity index is 2.37. The lowest BCUT2D eigenvalue weighted by atomic mass is 10.3. The van der Waals surface area contributed by atoms with E-state index in [4.69, 9.17) is 10.8 Å². The number of nitrogens with zero attached hydrogens (tertiary/aromatic N) is 2. The van der Waals surface area contributed by atoms with E-state index in [2.05, 4.69) is 4.98 Å². The zero-order valence-electron chi connectivity index (χ0n) is 8.51. The molecular weight excluding hydrogens is 252 g/mol. The molecule has 0 saturated heterocycles. The van der Waals surface area contributed by atoms with Gasteiger partial charge in [0.15, 0.2) is 11.6 Å². The van der Waals surface area contributed by atoms with Crippen molar-refractivity contribution < 1.29 is 13.9 Å². The van der Waals surface area contributed by atoms with Gasteiger partial charge in [0.05, 0.1) is 11.9 Å². The first-order valence-electron chi connectivity index (χ1n) is 4.70. The maximum absolute atomic E-state index is 13.3. The number of aliphatic hydroxyl groups excluding tert-OH is 1. The van der Waals surface area contributed by atoms with Crippen LogP contribution in [0.3, 0.4) is 0 Å². The van der Waals surface area contributed by atoms with Gasteiger partial charge < -0.3 is 10.8 Å². The largest absolute Gasteiger partial charge is 0.395 e. The first-order chi connectivity index (χ1) is 8.02. The minimum absolute atomic E-state index is 0.386. The molecule has 0 bridgehead atoms. The fourth-order valence-corrected chi connectivity index (χ4v) is 2.55. The van der Waals surface area contributed by atoms with Crippen LogP contribution in [0.2, 0.25) is 0 Å². The Morgan fingerprint density at radius 2 is 2.29 bits per heavy atom. The molecule has 17 heavy (non-hydrogen) atoms. The maximum Gasteiger partial charge on any atom is 0.350 e. The standard InChI is InChI=1S/C9H9F2N3O2S/c10-4-1-7(17-6(4)3-15)14-2-5(11)8(12)13-9(14)16/h1-2,6-7,15H,3H2,(H2,12,13,16). The molecular formula is C9H9F2N3O2S. The monoisotopic (exact) mass is 261 g/mol. The van der Waals surface area contributed by atoms with Crippen molar-refractivity contribution in [1.82, 2.24) is 9.55 Å². The second kappa shape index (κ2) is 4.46. The molecule has 2 atom stereocenters. The molecule has 0 amide bonds. The van der Waals surface area contributed by atoms with Crippen molar-refractivity contribution >= 4 is 17.6 Å². The van der Waals surface area contributed by atoms with Crippen LogP contribution >= 0.6 is 11.8 Å². The first-order valence-corrected chi connectivity index (χ1v) is 5.65. The van der Waals surface area contributed by atoms with Gasteiger partial charge in [0, 0.05) is 6.20 Å². The molecule has 2 unspecified atom stereocenters. The molecule has 0 saturated carbocycles. The molecule has 5 nitrogen and oxygen atoms in total. The number of nitrogen functional groups attached to an aromatic ring is 1. The van der Waals surface area contributed by atoms with Gasteiger partial charge in [0.25, 0.3) is 0 Å². The summed E-state index contributed by atoms with van der Waals surface area (Å²) in [7, 11) is 0. The van der Waals surface area contributed by atoms with Crippen LogP contribution in [0.1, 0.15) is 5.37 Å². The summed E-state index contributed by atoms with van der Waals surface area (Å²) in [5, 5.41) is 7.42. The van der Waals surface area contributed by atoms with Crippen LogP contribution in [0.5, 0.6) is 0 Å². The number of nitrogens with two attached hydrogens (primary N) is 1. The van der Waals surface area contributed by atoms with Crippen molar-refractivity contribution in [3.05, 3.63) is 34.4 Å². The lowest BCUT2D eigenvalue weighted by Crippen LogP contribution is -2.26. The molecule has 92 valence electrons. The Kier molecular flexibility index (Phi) is 3.16. The molecule has 0 aliphatic carbocycles. The number of rotatable bonds is 2. The van der Waals surface area contributed by atoms with Crippen molar-refractivity contribution in [3.8, 4) is 0 Å². The number of aliphatic hydroxyl groups is 1. The van der Waals surface area contributed by atoms with E-state index in [1.54, 1.807) is 0 Å². The zero-order chi connectivity index (χ0) is 12.6. The van der Waals surface area contributed by atoms with Gasteiger partial charge in [-0.15, -0.1) is 11.8 Å². The smallest absolute Gasteiger partial charge is 0.350 e. The molecule has 1 aliphatic rings. The number of aromatic nitrogens is 2. The number of anilines is 1. The third-order valence-corrected chi connectivity index (χ3v) is 3.63. The Labute approximate surface area is 99.0 Å². The van der Waals surface area contributed by atoms with Gasteiger partial charge in [-0.05, 0) is 6.08 Å². The topological polar surface area (TPSA) is 81.1 Å². The highest BCUT2D eigenvalue weighted by molar-refractivity contribution is 8.00. The average molecular weight is 261 g/mol. The quantitative estimate of drug-likeness (QED) is 0.806. The van der Waals surface area contributed by atoms with E-state index >= 15 is 0 Å². The lowest BCUT2D eigenvalue weighted by Gasteiger charge is -2.12. The van der Waals surface area contributed by atoms with Crippen LogP contribution < -0.4 is 11.4 Å². The van der Waals surface area contributed by atoms with Gasteiger partial charge in [-0.25, -0.2) is 13.6 Å². The summed E-state index contributed by atoms with van der Waals surface area (Å²) in [6.07, 6.45) is 2.02. The SMILES string of the molecule is Nc1nc(=O)n(C2C=C(F)C(CO)S2)cc1F. The average Bonchev–Trinajstić information content (AvgIpc) is 2.65. The Bertz CT molecular complexity index is 531. The number of hydrogen-bond donors (Lipinski definition) is 2. The number of thioether (sulfide) groups is 1. The maximum atomic E-state index is 13.3. The summed E-state index contributed by atoms with van der Waals surface area (Å²) >= 11 is 0.998. The second-order valence-electron chi connectivity index (χ2n) is 3.41. The highest BCUT2D eigenvalue weighted by Gasteiger charge is 2.29. The summed E-state index contributed by atoms with van der Waals surface area (Å²) < 4.78 is 27.4. The summed E-state index contributed by atoms with van der Waals surface area (Å²) in [5.41, 5.74) is 4.37. The molecule has 0 fully saturated rings. The van der Waals surface area contributed by atoms with Gasteiger partial charge in [0.2, 0.25) is 0 Å². The minimum atomic E-state index is -0.841. The van der Waals surface area contributed by atoms with E-state index in [1.165, 1.54) is 0 Å². The summed E-state index contributed by atoms with van der Waals surface area (Å²) in [6, 6.07) is 0. The van der Waals surface area contributed by atoms with E-state index in [1.807, 2.05) is 0 Å². The van der Waals surface area contributed by atoms with Gasteiger partial charge in [0.1, 0.15) is 11.2 Å². The van der Waals surface area contributed by atoms with E-state index in [0.29, 0.717) is 0 Å². The normalized spacial score (nSPS) is 23.8. The summed E-state index contributed by atoms with van der Waals surface area (Å²) in [4.78, 5) is 14.7. The molecule has 0 aromatic carbocycles. The van der Waals surface area contributed by atoms with Crippen molar-refractivity contribution in [2.75, 3.05) is 12.3 Å². The number of halogens is 2. The molecule has 0 radical (unpaired) electrons. The van der Waals surface area contributed by atoms with Crippen molar-refractivity contribution in [2.45, 2.75) is 10.6 Å². The van der Waals surface area contributed by atoms with Crippen LogP contribution in [0.4, 0.5) is 14.6 Å². The molecule has 2 heterocycles. The molecule has 0 spiro atoms. The van der Waals surface area contributed by atoms with E-state index in [-0.39, 0.29) is 6.61 Å². The Morgan fingerprint density at radius 3 is 2.88 bits per heavy atom. The highest BCUT2D eigenvalue weighted by Crippen LogP contribution is 2.39. The highest BCUT2D eigenvalue weighted by atomic mass is 32.2. The lowest BCUT2D eigenvalue weighted by molar-refractivity contribution is 0.295. The predicted octanol–water partition coefficient (Wildman–Crippen LogP) is 0.424. The van der Waals surface area contributed by atoms with Crippen molar-refractivity contribution in [3.63, 3.8) is 0 Å². The van der Waals surface area contributed by atoms with E-state index < -0.39 is 33.8 Å². The van der Waals surface area contributed by atoms with Gasteiger partial charge in [-0.1, -0.05) is 0 Å². The van der Waals surface area contributed by atoms with E-state index in [0.717, 1.165) is 28.6 Å². The zero-order valence-corrected chi connectivity index (χ0v) is 9.32. The van der Waals surface area contributed by atoms with Crippen molar-refractivity contribution in [1.29, 1.82) is 0 Å². The summed E-state index contributed by atoms with van der Waals surface area (Å²) in [5.74, 6) is -1.87. The second-order valence-corrected chi connectivity index (χ2v) is 4.74. The van der Waals surface area contributed by atoms with Gasteiger partial charge >= 0.3 is 5.69 Å². The van der Waals surface area contributed by atoms with Crippen LogP contribution in [-0.2, 0) is 0 Å². The van der Waals surface area contributed by atoms with Crippen molar-refractivity contribution in [2.24, 2.45) is 0 Å². The third-order valence-electron chi connectivity index (χ3n) is 2.29. The molecule has 3 N–H and O–H groups in total. The van der Waals surface area contributed by atoms with Gasteiger partial charge in [-0.3, -0.25) is 4.57 Å². The van der Waals surface area contributed by atoms with Crippen LogP contribution in [0.25, 0.3) is 0 Å². The Hall–Kier alpha value is -1.41. The fraction of sp³-hybridized carbons (Fsp3) is 0.333.